The third-order valence-corrected chi connectivity index (χ3v) is 2.73. The standard InChI is InChI=1S/C12H20O2/c1-2-14-12(13)10-6-9-11-7-4-3-5-8-11/h6,10-11H,2-5,7-9H2,1H3/b10-6+. The van der Waals surface area contributed by atoms with Crippen molar-refractivity contribution in [2.24, 2.45) is 5.92 Å². The monoisotopic (exact) mass is 196 g/mol. The molecule has 1 aliphatic carbocycles. The van der Waals surface area contributed by atoms with Crippen molar-refractivity contribution < 1.29 is 9.53 Å². The molecular weight excluding hydrogens is 176 g/mol. The first-order chi connectivity index (χ1) is 6.83. The van der Waals surface area contributed by atoms with E-state index in [2.05, 4.69) is 0 Å². The van der Waals surface area contributed by atoms with E-state index in [0.29, 0.717) is 6.61 Å². The second kappa shape index (κ2) is 6.63. The molecule has 2 nitrogen and oxygen atoms in total. The SMILES string of the molecule is CCOC(=O)/C=C/CC1CCCCC1. The van der Waals surface area contributed by atoms with Gasteiger partial charge in [-0.25, -0.2) is 4.79 Å². The zero-order valence-electron chi connectivity index (χ0n) is 9.00. The lowest BCUT2D eigenvalue weighted by molar-refractivity contribution is -0.137. The molecule has 0 unspecified atom stereocenters. The molecule has 0 N–H and O–H groups in total. The highest BCUT2D eigenvalue weighted by Gasteiger charge is 2.11. The number of carbonyl (C=O) groups is 1. The number of rotatable bonds is 4. The van der Waals surface area contributed by atoms with Gasteiger partial charge in [-0.2, -0.15) is 0 Å². The Morgan fingerprint density at radius 2 is 2.07 bits per heavy atom. The molecule has 1 aliphatic rings. The number of ether oxygens (including phenoxy) is 1. The Morgan fingerprint density at radius 3 is 2.71 bits per heavy atom. The van der Waals surface area contributed by atoms with Gasteiger partial charge in [0.25, 0.3) is 0 Å². The second-order valence-electron chi connectivity index (χ2n) is 3.89. The van der Waals surface area contributed by atoms with Crippen LogP contribution in [0.5, 0.6) is 0 Å². The summed E-state index contributed by atoms with van der Waals surface area (Å²) >= 11 is 0. The minimum atomic E-state index is -0.205. The van der Waals surface area contributed by atoms with Crippen LogP contribution in [0.3, 0.4) is 0 Å². The van der Waals surface area contributed by atoms with E-state index >= 15 is 0 Å². The minimum Gasteiger partial charge on any atom is -0.463 e. The van der Waals surface area contributed by atoms with Gasteiger partial charge in [0.2, 0.25) is 0 Å². The molecule has 0 saturated heterocycles. The van der Waals surface area contributed by atoms with Gasteiger partial charge >= 0.3 is 5.97 Å². The summed E-state index contributed by atoms with van der Waals surface area (Å²) in [4.78, 5) is 11.0. The molecule has 0 amide bonds. The Kier molecular flexibility index (Phi) is 5.35. The zero-order chi connectivity index (χ0) is 10.2. The van der Waals surface area contributed by atoms with E-state index in [1.807, 2.05) is 13.0 Å². The lowest BCUT2D eigenvalue weighted by Gasteiger charge is -2.19. The highest BCUT2D eigenvalue weighted by Crippen LogP contribution is 2.26. The second-order valence-corrected chi connectivity index (χ2v) is 3.89. The van der Waals surface area contributed by atoms with Crippen LogP contribution in [0.2, 0.25) is 0 Å². The summed E-state index contributed by atoms with van der Waals surface area (Å²) in [5.41, 5.74) is 0. The Hall–Kier alpha value is -0.790. The fourth-order valence-electron chi connectivity index (χ4n) is 1.97. The topological polar surface area (TPSA) is 26.3 Å². The van der Waals surface area contributed by atoms with Crippen LogP contribution in [-0.4, -0.2) is 12.6 Å². The lowest BCUT2D eigenvalue weighted by atomic mass is 9.87. The molecule has 0 radical (unpaired) electrons. The van der Waals surface area contributed by atoms with Gasteiger partial charge in [-0.1, -0.05) is 38.2 Å². The van der Waals surface area contributed by atoms with E-state index in [-0.39, 0.29) is 5.97 Å². The molecule has 0 spiro atoms. The molecule has 0 aromatic heterocycles. The zero-order valence-corrected chi connectivity index (χ0v) is 9.00. The van der Waals surface area contributed by atoms with E-state index in [4.69, 9.17) is 4.74 Å². The van der Waals surface area contributed by atoms with Crippen molar-refractivity contribution in [3.8, 4) is 0 Å². The van der Waals surface area contributed by atoms with Crippen molar-refractivity contribution in [1.29, 1.82) is 0 Å². The maximum atomic E-state index is 11.0. The highest BCUT2D eigenvalue weighted by atomic mass is 16.5. The fourth-order valence-corrected chi connectivity index (χ4v) is 1.97. The molecule has 0 aromatic carbocycles. The van der Waals surface area contributed by atoms with Gasteiger partial charge in [0.1, 0.15) is 0 Å². The Bertz CT molecular complexity index is 190. The number of hydrogen-bond donors (Lipinski definition) is 0. The first-order valence-electron chi connectivity index (χ1n) is 5.66. The van der Waals surface area contributed by atoms with E-state index in [1.54, 1.807) is 6.08 Å². The lowest BCUT2D eigenvalue weighted by Crippen LogP contribution is -2.05. The average molecular weight is 196 g/mol. The van der Waals surface area contributed by atoms with E-state index < -0.39 is 0 Å². The van der Waals surface area contributed by atoms with Crippen LogP contribution in [-0.2, 0) is 9.53 Å². The normalized spacial score (nSPS) is 18.6. The predicted octanol–water partition coefficient (Wildman–Crippen LogP) is 3.08. The maximum Gasteiger partial charge on any atom is 0.330 e. The van der Waals surface area contributed by atoms with Crippen molar-refractivity contribution in [1.82, 2.24) is 0 Å². The van der Waals surface area contributed by atoms with Crippen LogP contribution >= 0.6 is 0 Å². The molecule has 80 valence electrons. The Morgan fingerprint density at radius 1 is 1.36 bits per heavy atom. The smallest absolute Gasteiger partial charge is 0.330 e. The van der Waals surface area contributed by atoms with Crippen molar-refractivity contribution in [3.63, 3.8) is 0 Å². The van der Waals surface area contributed by atoms with Gasteiger partial charge in [-0.05, 0) is 19.3 Å². The van der Waals surface area contributed by atoms with Crippen LogP contribution in [0.25, 0.3) is 0 Å². The van der Waals surface area contributed by atoms with Gasteiger partial charge in [-0.3, -0.25) is 0 Å². The van der Waals surface area contributed by atoms with Gasteiger partial charge in [-0.15, -0.1) is 0 Å². The summed E-state index contributed by atoms with van der Waals surface area (Å²) in [6.45, 7) is 2.29. The average Bonchev–Trinajstić information content (AvgIpc) is 2.20. The summed E-state index contributed by atoms with van der Waals surface area (Å²) in [6.07, 6.45) is 11.3. The molecule has 2 heteroatoms. The molecule has 1 saturated carbocycles. The molecule has 1 fully saturated rings. The molecule has 0 heterocycles. The van der Waals surface area contributed by atoms with E-state index in [9.17, 15) is 4.79 Å². The molecule has 0 aromatic rings. The van der Waals surface area contributed by atoms with Crippen LogP contribution in [0, 0.1) is 5.92 Å². The van der Waals surface area contributed by atoms with E-state index in [0.717, 1.165) is 12.3 Å². The van der Waals surface area contributed by atoms with Crippen molar-refractivity contribution in [2.45, 2.75) is 45.4 Å². The summed E-state index contributed by atoms with van der Waals surface area (Å²) in [5.74, 6) is 0.595. The van der Waals surface area contributed by atoms with Crippen molar-refractivity contribution in [2.75, 3.05) is 6.61 Å². The highest BCUT2D eigenvalue weighted by molar-refractivity contribution is 5.81. The van der Waals surface area contributed by atoms with Crippen LogP contribution < -0.4 is 0 Å². The van der Waals surface area contributed by atoms with E-state index in [1.165, 1.54) is 32.1 Å². The quantitative estimate of drug-likeness (QED) is 0.510. The third-order valence-electron chi connectivity index (χ3n) is 2.73. The molecule has 14 heavy (non-hydrogen) atoms. The molecule has 0 bridgehead atoms. The largest absolute Gasteiger partial charge is 0.463 e. The van der Waals surface area contributed by atoms with Gasteiger partial charge in [0.05, 0.1) is 6.61 Å². The Labute approximate surface area is 86.3 Å². The van der Waals surface area contributed by atoms with Gasteiger partial charge in [0.15, 0.2) is 0 Å². The van der Waals surface area contributed by atoms with Gasteiger partial charge < -0.3 is 4.74 Å². The number of hydrogen-bond acceptors (Lipinski definition) is 2. The summed E-state index contributed by atoms with van der Waals surface area (Å²) in [6, 6.07) is 0. The number of esters is 1. The van der Waals surface area contributed by atoms with Crippen LogP contribution in [0.15, 0.2) is 12.2 Å². The molecule has 0 aliphatic heterocycles. The minimum absolute atomic E-state index is 0.205. The summed E-state index contributed by atoms with van der Waals surface area (Å²) < 4.78 is 4.81. The molecular formula is C12H20O2. The third kappa shape index (κ3) is 4.45. The Balaban J connectivity index is 2.14. The molecule has 1 rings (SSSR count). The fraction of sp³-hybridized carbons (Fsp3) is 0.750. The number of allylic oxidation sites excluding steroid dienone is 1. The summed E-state index contributed by atoms with van der Waals surface area (Å²) in [7, 11) is 0. The van der Waals surface area contributed by atoms with Crippen LogP contribution in [0.1, 0.15) is 45.4 Å². The van der Waals surface area contributed by atoms with Crippen molar-refractivity contribution >= 4 is 5.97 Å². The first kappa shape index (κ1) is 11.3. The van der Waals surface area contributed by atoms with Crippen molar-refractivity contribution in [3.05, 3.63) is 12.2 Å². The first-order valence-corrected chi connectivity index (χ1v) is 5.66. The molecule has 0 atom stereocenters. The maximum absolute atomic E-state index is 11.0. The number of carbonyl (C=O) groups excluding carboxylic acids is 1. The predicted molar refractivity (Wildman–Crippen MR) is 57.0 cm³/mol. The van der Waals surface area contributed by atoms with Gasteiger partial charge in [0, 0.05) is 6.08 Å². The van der Waals surface area contributed by atoms with Crippen LogP contribution in [0.4, 0.5) is 0 Å². The summed E-state index contributed by atoms with van der Waals surface area (Å²) in [5, 5.41) is 0.